The van der Waals surface area contributed by atoms with Crippen molar-refractivity contribution in [2.75, 3.05) is 12.9 Å². The largest absolute Gasteiger partial charge is 0.469 e. The molecule has 2 nitrogen and oxygen atoms in total. The van der Waals surface area contributed by atoms with E-state index in [-0.39, 0.29) is 5.97 Å². The van der Waals surface area contributed by atoms with Gasteiger partial charge in [0.2, 0.25) is 0 Å². The first-order valence-corrected chi connectivity index (χ1v) is 5.54. The Balaban J connectivity index is 2.78. The van der Waals surface area contributed by atoms with Gasteiger partial charge in [-0.2, -0.15) is 0 Å². The summed E-state index contributed by atoms with van der Waals surface area (Å²) in [5.41, 5.74) is 1.05. The van der Waals surface area contributed by atoms with Gasteiger partial charge in [-0.1, -0.05) is 25.1 Å². The van der Waals surface area contributed by atoms with Gasteiger partial charge >= 0.3 is 5.97 Å². The van der Waals surface area contributed by atoms with Gasteiger partial charge in [0, 0.05) is 4.90 Å². The van der Waals surface area contributed by atoms with Gasteiger partial charge in [-0.05, 0) is 17.4 Å². The summed E-state index contributed by atoms with van der Waals surface area (Å²) < 4.78 is 4.64. The Morgan fingerprint density at radius 2 is 2.14 bits per heavy atom. The van der Waals surface area contributed by atoms with E-state index in [0.717, 1.165) is 11.3 Å². The molecule has 1 aromatic carbocycles. The standard InChI is InChI=1S/C11H14O2S/c1-3-14-10-7-5-4-6-9(10)8-11(12)13-2/h4-7H,3,8H2,1-2H3. The third kappa shape index (κ3) is 3.07. The minimum absolute atomic E-state index is 0.186. The van der Waals surface area contributed by atoms with Gasteiger partial charge in [-0.3, -0.25) is 4.79 Å². The number of ether oxygens (including phenoxy) is 1. The topological polar surface area (TPSA) is 26.3 Å². The molecule has 0 heterocycles. The molecule has 0 aliphatic rings. The summed E-state index contributed by atoms with van der Waals surface area (Å²) in [4.78, 5) is 12.3. The van der Waals surface area contributed by atoms with Crippen molar-refractivity contribution in [1.29, 1.82) is 0 Å². The third-order valence-corrected chi connectivity index (χ3v) is 2.83. The minimum atomic E-state index is -0.186. The molecule has 0 radical (unpaired) electrons. The van der Waals surface area contributed by atoms with E-state index in [1.807, 2.05) is 24.3 Å². The number of rotatable bonds is 4. The molecule has 0 fully saturated rings. The molecule has 0 aliphatic heterocycles. The third-order valence-electron chi connectivity index (χ3n) is 1.83. The molecule has 0 atom stereocenters. The molecule has 1 aromatic rings. The average Bonchev–Trinajstić information content (AvgIpc) is 2.21. The van der Waals surface area contributed by atoms with Crippen LogP contribution in [0.5, 0.6) is 0 Å². The number of carbonyl (C=O) groups excluding carboxylic acids is 1. The van der Waals surface area contributed by atoms with Crippen LogP contribution in [0.25, 0.3) is 0 Å². The Kier molecular flexibility index (Phi) is 4.53. The number of carbonyl (C=O) groups is 1. The second-order valence-electron chi connectivity index (χ2n) is 2.79. The van der Waals surface area contributed by atoms with E-state index in [1.54, 1.807) is 11.8 Å². The van der Waals surface area contributed by atoms with Crippen molar-refractivity contribution < 1.29 is 9.53 Å². The van der Waals surface area contributed by atoms with Crippen molar-refractivity contribution in [2.45, 2.75) is 18.2 Å². The maximum absolute atomic E-state index is 11.1. The smallest absolute Gasteiger partial charge is 0.310 e. The van der Waals surface area contributed by atoms with Crippen LogP contribution in [0.2, 0.25) is 0 Å². The summed E-state index contributed by atoms with van der Waals surface area (Å²) in [5, 5.41) is 0. The highest BCUT2D eigenvalue weighted by atomic mass is 32.2. The maximum atomic E-state index is 11.1. The van der Waals surface area contributed by atoms with Gasteiger partial charge in [0.15, 0.2) is 0 Å². The van der Waals surface area contributed by atoms with Crippen molar-refractivity contribution >= 4 is 17.7 Å². The zero-order valence-corrected chi connectivity index (χ0v) is 9.26. The molecule has 0 N–H and O–H groups in total. The number of methoxy groups -OCH3 is 1. The molecule has 0 amide bonds. The number of hydrogen-bond donors (Lipinski definition) is 0. The fourth-order valence-electron chi connectivity index (χ4n) is 1.17. The van der Waals surface area contributed by atoms with Gasteiger partial charge in [0.05, 0.1) is 13.5 Å². The zero-order valence-electron chi connectivity index (χ0n) is 8.45. The van der Waals surface area contributed by atoms with Crippen molar-refractivity contribution in [1.82, 2.24) is 0 Å². The van der Waals surface area contributed by atoms with Gasteiger partial charge in [0.25, 0.3) is 0 Å². The number of hydrogen-bond acceptors (Lipinski definition) is 3. The molecule has 1 rings (SSSR count). The SMILES string of the molecule is CCSc1ccccc1CC(=O)OC. The number of benzene rings is 1. The molecule has 0 unspecified atom stereocenters. The fourth-order valence-corrected chi connectivity index (χ4v) is 1.99. The van der Waals surface area contributed by atoms with Crippen LogP contribution >= 0.6 is 11.8 Å². The Labute approximate surface area is 88.7 Å². The van der Waals surface area contributed by atoms with Crippen LogP contribution in [0.1, 0.15) is 12.5 Å². The summed E-state index contributed by atoms with van der Waals surface area (Å²) in [5.74, 6) is 0.826. The summed E-state index contributed by atoms with van der Waals surface area (Å²) >= 11 is 1.75. The van der Waals surface area contributed by atoms with Gasteiger partial charge in [-0.25, -0.2) is 0 Å². The average molecular weight is 210 g/mol. The number of esters is 1. The van der Waals surface area contributed by atoms with Gasteiger partial charge in [0.1, 0.15) is 0 Å². The molecule has 0 aliphatic carbocycles. The molecule has 0 bridgehead atoms. The molecule has 0 saturated carbocycles. The maximum Gasteiger partial charge on any atom is 0.310 e. The Morgan fingerprint density at radius 3 is 2.79 bits per heavy atom. The number of thioether (sulfide) groups is 1. The fraction of sp³-hybridized carbons (Fsp3) is 0.364. The van der Waals surface area contributed by atoms with Crippen molar-refractivity contribution in [2.24, 2.45) is 0 Å². The van der Waals surface area contributed by atoms with Gasteiger partial charge < -0.3 is 4.74 Å². The van der Waals surface area contributed by atoms with Crippen LogP contribution in [0.15, 0.2) is 29.2 Å². The molecule has 76 valence electrons. The van der Waals surface area contributed by atoms with E-state index in [1.165, 1.54) is 12.0 Å². The first kappa shape index (κ1) is 11.1. The first-order valence-electron chi connectivity index (χ1n) is 4.55. The molecular formula is C11H14O2S. The van der Waals surface area contributed by atoms with Crippen LogP contribution < -0.4 is 0 Å². The molecule has 14 heavy (non-hydrogen) atoms. The molecule has 3 heteroatoms. The zero-order chi connectivity index (χ0) is 10.4. The molecule has 0 spiro atoms. The lowest BCUT2D eigenvalue weighted by Crippen LogP contribution is -2.05. The second kappa shape index (κ2) is 5.70. The minimum Gasteiger partial charge on any atom is -0.469 e. The van der Waals surface area contributed by atoms with Crippen LogP contribution in [0.4, 0.5) is 0 Å². The van der Waals surface area contributed by atoms with Gasteiger partial charge in [-0.15, -0.1) is 11.8 Å². The van der Waals surface area contributed by atoms with E-state index in [9.17, 15) is 4.79 Å². The molecular weight excluding hydrogens is 196 g/mol. The highest BCUT2D eigenvalue weighted by molar-refractivity contribution is 7.99. The first-order chi connectivity index (χ1) is 6.77. The highest BCUT2D eigenvalue weighted by Crippen LogP contribution is 2.22. The van der Waals surface area contributed by atoms with Crippen LogP contribution in [-0.2, 0) is 16.0 Å². The van der Waals surface area contributed by atoms with E-state index >= 15 is 0 Å². The second-order valence-corrected chi connectivity index (χ2v) is 4.10. The lowest BCUT2D eigenvalue weighted by Gasteiger charge is -2.06. The Morgan fingerprint density at radius 1 is 1.43 bits per heavy atom. The molecule has 0 saturated heterocycles. The normalized spacial score (nSPS) is 9.86. The lowest BCUT2D eigenvalue weighted by atomic mass is 10.1. The highest BCUT2D eigenvalue weighted by Gasteiger charge is 2.06. The lowest BCUT2D eigenvalue weighted by molar-refractivity contribution is -0.139. The molecule has 0 aromatic heterocycles. The van der Waals surface area contributed by atoms with Crippen LogP contribution in [0.3, 0.4) is 0 Å². The summed E-state index contributed by atoms with van der Waals surface area (Å²) in [6.45, 7) is 2.10. The quantitative estimate of drug-likeness (QED) is 0.564. The summed E-state index contributed by atoms with van der Waals surface area (Å²) in [7, 11) is 1.41. The van der Waals surface area contributed by atoms with E-state index in [0.29, 0.717) is 6.42 Å². The predicted molar refractivity (Wildman–Crippen MR) is 58.6 cm³/mol. The monoisotopic (exact) mass is 210 g/mol. The summed E-state index contributed by atoms with van der Waals surface area (Å²) in [6, 6.07) is 7.93. The summed E-state index contributed by atoms with van der Waals surface area (Å²) in [6.07, 6.45) is 0.361. The van der Waals surface area contributed by atoms with Crippen molar-refractivity contribution in [3.05, 3.63) is 29.8 Å². The Bertz CT molecular complexity index is 310. The van der Waals surface area contributed by atoms with E-state index < -0.39 is 0 Å². The Hall–Kier alpha value is -0.960. The van der Waals surface area contributed by atoms with Crippen molar-refractivity contribution in [3.8, 4) is 0 Å². The van der Waals surface area contributed by atoms with Crippen LogP contribution in [0, 0.1) is 0 Å². The van der Waals surface area contributed by atoms with Crippen molar-refractivity contribution in [3.63, 3.8) is 0 Å². The predicted octanol–water partition coefficient (Wildman–Crippen LogP) is 2.51. The van der Waals surface area contributed by atoms with Crippen LogP contribution in [-0.4, -0.2) is 18.8 Å². The van der Waals surface area contributed by atoms with E-state index in [2.05, 4.69) is 11.7 Å². The van der Waals surface area contributed by atoms with E-state index in [4.69, 9.17) is 0 Å².